The molecule has 1 amide bonds. The Hall–Kier alpha value is -0.770. The van der Waals surface area contributed by atoms with Gasteiger partial charge in [-0.15, -0.1) is 0 Å². The van der Waals surface area contributed by atoms with Crippen molar-refractivity contribution in [3.05, 3.63) is 22.6 Å². The summed E-state index contributed by atoms with van der Waals surface area (Å²) in [5.74, 6) is 0.994. The summed E-state index contributed by atoms with van der Waals surface area (Å²) in [6, 6.07) is 3.77. The van der Waals surface area contributed by atoms with Gasteiger partial charge in [0.05, 0.1) is 0 Å². The molecule has 4 heteroatoms. The van der Waals surface area contributed by atoms with Gasteiger partial charge in [0, 0.05) is 12.6 Å². The molecule has 3 nitrogen and oxygen atoms in total. The Morgan fingerprint density at radius 3 is 2.88 bits per heavy atom. The van der Waals surface area contributed by atoms with Gasteiger partial charge in [-0.2, -0.15) is 0 Å². The van der Waals surface area contributed by atoms with Gasteiger partial charge in [0.2, 0.25) is 0 Å². The van der Waals surface area contributed by atoms with Crippen LogP contribution in [0.25, 0.3) is 0 Å². The third kappa shape index (κ3) is 2.17. The van der Waals surface area contributed by atoms with E-state index in [0.29, 0.717) is 22.4 Å². The summed E-state index contributed by atoms with van der Waals surface area (Å²) in [6.45, 7) is 5.14. The molecule has 2 rings (SSSR count). The monoisotopic (exact) mass is 285 g/mol. The van der Waals surface area contributed by atoms with E-state index in [-0.39, 0.29) is 5.91 Å². The van der Waals surface area contributed by atoms with E-state index in [0.717, 1.165) is 13.0 Å². The van der Waals surface area contributed by atoms with Crippen molar-refractivity contribution in [2.45, 2.75) is 32.7 Å². The molecule has 2 atom stereocenters. The van der Waals surface area contributed by atoms with Gasteiger partial charge < -0.3 is 9.32 Å². The molecule has 0 bridgehead atoms. The van der Waals surface area contributed by atoms with Crippen molar-refractivity contribution in [1.29, 1.82) is 0 Å². The second kappa shape index (κ2) is 4.62. The molecule has 2 heterocycles. The molecule has 1 fully saturated rings. The molecule has 88 valence electrons. The Morgan fingerprint density at radius 2 is 2.25 bits per heavy atom. The van der Waals surface area contributed by atoms with Crippen LogP contribution in [0.15, 0.2) is 21.2 Å². The summed E-state index contributed by atoms with van der Waals surface area (Å²) in [7, 11) is 0. The fraction of sp³-hybridized carbons (Fsp3) is 0.583. The van der Waals surface area contributed by atoms with Crippen LogP contribution in [0.4, 0.5) is 0 Å². The van der Waals surface area contributed by atoms with E-state index >= 15 is 0 Å². The number of amides is 1. The maximum atomic E-state index is 12.2. The van der Waals surface area contributed by atoms with Gasteiger partial charge in [0.1, 0.15) is 0 Å². The molecule has 0 aromatic carbocycles. The van der Waals surface area contributed by atoms with E-state index in [2.05, 4.69) is 29.8 Å². The van der Waals surface area contributed by atoms with Crippen LogP contribution < -0.4 is 0 Å². The predicted octanol–water partition coefficient (Wildman–Crippen LogP) is 3.30. The molecule has 1 saturated heterocycles. The van der Waals surface area contributed by atoms with Crippen LogP contribution in [0.1, 0.15) is 37.2 Å². The fourth-order valence-electron chi connectivity index (χ4n) is 2.19. The lowest BCUT2D eigenvalue weighted by Gasteiger charge is -2.37. The van der Waals surface area contributed by atoms with Crippen LogP contribution in [0.5, 0.6) is 0 Å². The Balaban J connectivity index is 2.15. The second-order valence-corrected chi connectivity index (χ2v) is 5.24. The van der Waals surface area contributed by atoms with Gasteiger partial charge in [-0.05, 0) is 53.7 Å². The van der Waals surface area contributed by atoms with E-state index < -0.39 is 0 Å². The average Bonchev–Trinajstić information content (AvgIpc) is 2.68. The molecule has 0 spiro atoms. The van der Waals surface area contributed by atoms with Crippen LogP contribution in [-0.2, 0) is 0 Å². The number of hydrogen-bond acceptors (Lipinski definition) is 2. The van der Waals surface area contributed by atoms with Gasteiger partial charge in [-0.3, -0.25) is 4.79 Å². The normalized spacial score (nSPS) is 25.8. The zero-order valence-electron chi connectivity index (χ0n) is 9.57. The summed E-state index contributed by atoms with van der Waals surface area (Å²) in [4.78, 5) is 14.1. The van der Waals surface area contributed by atoms with Crippen molar-refractivity contribution >= 4 is 21.8 Å². The SMILES string of the molecule is CC1CCCN(C(=O)c2ccc(Br)o2)C1C. The number of rotatable bonds is 1. The topological polar surface area (TPSA) is 33.5 Å². The van der Waals surface area contributed by atoms with Crippen molar-refractivity contribution in [1.82, 2.24) is 4.90 Å². The average molecular weight is 286 g/mol. The zero-order chi connectivity index (χ0) is 11.7. The van der Waals surface area contributed by atoms with E-state index in [1.807, 2.05) is 4.90 Å². The lowest BCUT2D eigenvalue weighted by atomic mass is 9.92. The smallest absolute Gasteiger partial charge is 0.289 e. The van der Waals surface area contributed by atoms with Crippen LogP contribution >= 0.6 is 15.9 Å². The van der Waals surface area contributed by atoms with E-state index in [9.17, 15) is 4.79 Å². The Kier molecular flexibility index (Phi) is 3.38. The molecule has 2 unspecified atom stereocenters. The maximum Gasteiger partial charge on any atom is 0.289 e. The van der Waals surface area contributed by atoms with Crippen LogP contribution in [0, 0.1) is 5.92 Å². The minimum Gasteiger partial charge on any atom is -0.444 e. The highest BCUT2D eigenvalue weighted by molar-refractivity contribution is 9.10. The number of carbonyl (C=O) groups is 1. The Bertz CT molecular complexity index is 388. The quantitative estimate of drug-likeness (QED) is 0.793. The van der Waals surface area contributed by atoms with Crippen LogP contribution in [0.2, 0.25) is 0 Å². The standard InChI is InChI=1S/C12H16BrNO2/c1-8-4-3-7-14(9(8)2)12(15)10-5-6-11(13)16-10/h5-6,8-9H,3-4,7H2,1-2H3. The first-order valence-electron chi connectivity index (χ1n) is 5.66. The molecule has 0 radical (unpaired) electrons. The first kappa shape index (κ1) is 11.7. The van der Waals surface area contributed by atoms with E-state index in [1.165, 1.54) is 6.42 Å². The summed E-state index contributed by atoms with van der Waals surface area (Å²) >= 11 is 3.21. The first-order valence-corrected chi connectivity index (χ1v) is 6.45. The van der Waals surface area contributed by atoms with Crippen molar-refractivity contribution in [3.8, 4) is 0 Å². The first-order chi connectivity index (χ1) is 7.59. The largest absolute Gasteiger partial charge is 0.444 e. The van der Waals surface area contributed by atoms with Crippen molar-refractivity contribution < 1.29 is 9.21 Å². The summed E-state index contributed by atoms with van der Waals surface area (Å²) < 4.78 is 5.91. The number of nitrogens with zero attached hydrogens (tertiary/aromatic N) is 1. The number of halogens is 1. The second-order valence-electron chi connectivity index (χ2n) is 4.46. The number of likely N-dealkylation sites (tertiary alicyclic amines) is 1. The summed E-state index contributed by atoms with van der Waals surface area (Å²) in [5.41, 5.74) is 0. The molecule has 1 aliphatic rings. The van der Waals surface area contributed by atoms with Gasteiger partial charge >= 0.3 is 0 Å². The number of carbonyl (C=O) groups excluding carboxylic acids is 1. The zero-order valence-corrected chi connectivity index (χ0v) is 11.2. The van der Waals surface area contributed by atoms with E-state index in [4.69, 9.17) is 4.42 Å². The molecule has 0 saturated carbocycles. The molecule has 0 aliphatic carbocycles. The fourth-order valence-corrected chi connectivity index (χ4v) is 2.50. The summed E-state index contributed by atoms with van der Waals surface area (Å²) in [5, 5.41) is 0. The number of piperidine rings is 1. The van der Waals surface area contributed by atoms with Gasteiger partial charge in [-0.1, -0.05) is 6.92 Å². The number of furan rings is 1. The van der Waals surface area contributed by atoms with Crippen molar-refractivity contribution in [3.63, 3.8) is 0 Å². The molecule has 0 N–H and O–H groups in total. The lowest BCUT2D eigenvalue weighted by molar-refractivity contribution is 0.0518. The summed E-state index contributed by atoms with van der Waals surface area (Å²) in [6.07, 6.45) is 2.28. The molecular formula is C12H16BrNO2. The van der Waals surface area contributed by atoms with Crippen LogP contribution in [0.3, 0.4) is 0 Å². The molecule has 1 aromatic rings. The van der Waals surface area contributed by atoms with Gasteiger partial charge in [0.15, 0.2) is 10.4 Å². The molecule has 1 aliphatic heterocycles. The van der Waals surface area contributed by atoms with Crippen LogP contribution in [-0.4, -0.2) is 23.4 Å². The molecular weight excluding hydrogens is 270 g/mol. The third-order valence-corrected chi connectivity index (χ3v) is 3.84. The highest BCUT2D eigenvalue weighted by atomic mass is 79.9. The minimum atomic E-state index is 0.00440. The van der Waals surface area contributed by atoms with Gasteiger partial charge in [0.25, 0.3) is 5.91 Å². The molecule has 1 aromatic heterocycles. The van der Waals surface area contributed by atoms with Crippen molar-refractivity contribution in [2.75, 3.05) is 6.54 Å². The Labute approximate surface area is 104 Å². The highest BCUT2D eigenvalue weighted by Gasteiger charge is 2.30. The Morgan fingerprint density at radius 1 is 1.50 bits per heavy atom. The van der Waals surface area contributed by atoms with Crippen molar-refractivity contribution in [2.24, 2.45) is 5.92 Å². The lowest BCUT2D eigenvalue weighted by Crippen LogP contribution is -2.45. The maximum absolute atomic E-state index is 12.2. The highest BCUT2D eigenvalue weighted by Crippen LogP contribution is 2.25. The minimum absolute atomic E-state index is 0.00440. The van der Waals surface area contributed by atoms with Gasteiger partial charge in [-0.25, -0.2) is 0 Å². The van der Waals surface area contributed by atoms with E-state index in [1.54, 1.807) is 12.1 Å². The third-order valence-electron chi connectivity index (χ3n) is 3.42. The molecule has 16 heavy (non-hydrogen) atoms. The predicted molar refractivity (Wildman–Crippen MR) is 65.3 cm³/mol. The number of hydrogen-bond donors (Lipinski definition) is 0.